The minimum absolute atomic E-state index is 0.00511. The van der Waals surface area contributed by atoms with Crippen LogP contribution in [-0.2, 0) is 4.79 Å². The van der Waals surface area contributed by atoms with Crippen molar-refractivity contribution in [2.45, 2.75) is 6.18 Å². The normalized spacial score (nSPS) is 12.8. The van der Waals surface area contributed by atoms with Crippen molar-refractivity contribution in [3.05, 3.63) is 64.3 Å². The van der Waals surface area contributed by atoms with Crippen LogP contribution >= 0.6 is 15.9 Å². The van der Waals surface area contributed by atoms with Gasteiger partial charge in [-0.2, -0.15) is 18.3 Å². The van der Waals surface area contributed by atoms with Gasteiger partial charge in [0.25, 0.3) is 5.78 Å². The predicted octanol–water partition coefficient (Wildman–Crippen LogP) is 5.60. The van der Waals surface area contributed by atoms with E-state index < -0.39 is 23.4 Å². The average Bonchev–Trinajstić information content (AvgIpc) is 2.62. The van der Waals surface area contributed by atoms with Crippen molar-refractivity contribution in [2.24, 2.45) is 10.2 Å². The molecule has 0 amide bonds. The molecule has 0 saturated carbocycles. The zero-order valence-corrected chi connectivity index (χ0v) is 14.9. The Labute approximate surface area is 155 Å². The number of rotatable bonds is 5. The maximum atomic E-state index is 12.8. The van der Waals surface area contributed by atoms with Crippen molar-refractivity contribution in [3.8, 4) is 5.75 Å². The summed E-state index contributed by atoms with van der Waals surface area (Å²) in [7, 11) is 1.45. The molecule has 2 aromatic carbocycles. The van der Waals surface area contributed by atoms with Crippen molar-refractivity contribution in [1.29, 1.82) is 0 Å². The second-order valence-corrected chi connectivity index (χ2v) is 5.84. The topological polar surface area (TPSA) is 71.2 Å². The Hall–Kier alpha value is -2.68. The molecule has 0 unspecified atom stereocenters. The maximum Gasteiger partial charge on any atom is 0.456 e. The molecule has 0 spiro atoms. The van der Waals surface area contributed by atoms with Gasteiger partial charge in [0, 0.05) is 10.0 Å². The van der Waals surface area contributed by atoms with E-state index in [1.165, 1.54) is 55.6 Å². The van der Waals surface area contributed by atoms with Crippen molar-refractivity contribution in [2.75, 3.05) is 7.11 Å². The highest BCUT2D eigenvalue weighted by Gasteiger charge is 2.43. The lowest BCUT2D eigenvalue weighted by molar-refractivity contribution is -0.166. The molecule has 0 aromatic heterocycles. The molecule has 0 aliphatic carbocycles. The Morgan fingerprint density at radius 2 is 1.65 bits per heavy atom. The van der Waals surface area contributed by atoms with Gasteiger partial charge in [-0.1, -0.05) is 28.1 Å². The second kappa shape index (κ2) is 8.13. The lowest BCUT2D eigenvalue weighted by Crippen LogP contribution is -2.24. The fraction of sp³-hybridized carbons (Fsp3) is 0.118. The smallest absolute Gasteiger partial charge is 0.456 e. The van der Waals surface area contributed by atoms with E-state index in [0.717, 1.165) is 0 Å². The number of carbonyl (C=O) groups excluding carboxylic acids is 1. The average molecular weight is 429 g/mol. The molecule has 26 heavy (non-hydrogen) atoms. The van der Waals surface area contributed by atoms with Gasteiger partial charge < -0.3 is 9.84 Å². The van der Waals surface area contributed by atoms with Crippen LogP contribution in [0.15, 0.2) is 68.9 Å². The van der Waals surface area contributed by atoms with Crippen LogP contribution in [0, 0.1) is 0 Å². The number of Topliss-reactive ketones (excluding diaryl/α,β-unsaturated/α-hetero) is 1. The zero-order chi connectivity index (χ0) is 19.3. The number of azo groups is 1. The van der Waals surface area contributed by atoms with Crippen LogP contribution in [0.3, 0.4) is 0 Å². The number of allylic oxidation sites excluding steroid dienone is 1. The quantitative estimate of drug-likeness (QED) is 0.382. The van der Waals surface area contributed by atoms with Gasteiger partial charge in [-0.25, -0.2) is 0 Å². The van der Waals surface area contributed by atoms with E-state index in [-0.39, 0.29) is 11.3 Å². The van der Waals surface area contributed by atoms with Crippen LogP contribution in [0.1, 0.15) is 5.56 Å². The molecule has 2 rings (SSSR count). The number of ether oxygens (including phenoxy) is 1. The molecular formula is C17H12BrF3N2O3. The SMILES string of the molecule is COc1ccc(N=N/C(C(=O)C(F)(F)F)=C(\O)c2ccc(Br)cc2)cc1. The van der Waals surface area contributed by atoms with Crippen LogP contribution in [0.5, 0.6) is 5.75 Å². The summed E-state index contributed by atoms with van der Waals surface area (Å²) < 4.78 is 44.1. The van der Waals surface area contributed by atoms with Gasteiger partial charge in [0.15, 0.2) is 11.5 Å². The van der Waals surface area contributed by atoms with E-state index >= 15 is 0 Å². The number of ketones is 1. The van der Waals surface area contributed by atoms with Crippen molar-refractivity contribution >= 4 is 33.2 Å². The standard InChI is InChI=1S/C17H12BrF3N2O3/c1-26-13-8-6-12(7-9-13)22-23-14(16(25)17(19,20)21)15(24)10-2-4-11(18)5-3-10/h2-9,24H,1H3/b15-14-,23-22?. The van der Waals surface area contributed by atoms with Crippen LogP contribution in [0.4, 0.5) is 18.9 Å². The number of nitrogens with zero attached hydrogens (tertiary/aromatic N) is 2. The van der Waals surface area contributed by atoms with Gasteiger partial charge in [-0.15, -0.1) is 5.11 Å². The Morgan fingerprint density at radius 3 is 2.15 bits per heavy atom. The van der Waals surface area contributed by atoms with E-state index in [0.29, 0.717) is 10.2 Å². The zero-order valence-electron chi connectivity index (χ0n) is 13.3. The van der Waals surface area contributed by atoms with Crippen LogP contribution in [0.2, 0.25) is 0 Å². The van der Waals surface area contributed by atoms with Gasteiger partial charge in [-0.3, -0.25) is 4.79 Å². The summed E-state index contributed by atoms with van der Waals surface area (Å²) in [5, 5.41) is 17.1. The lowest BCUT2D eigenvalue weighted by atomic mass is 10.1. The molecule has 5 nitrogen and oxygen atoms in total. The molecule has 2 aromatic rings. The molecule has 0 saturated heterocycles. The number of halogens is 4. The number of benzene rings is 2. The summed E-state index contributed by atoms with van der Waals surface area (Å²) in [6, 6.07) is 11.6. The highest BCUT2D eigenvalue weighted by molar-refractivity contribution is 9.10. The number of alkyl halides is 3. The summed E-state index contributed by atoms with van der Waals surface area (Å²) in [4.78, 5) is 11.6. The molecule has 0 aliphatic heterocycles. The fourth-order valence-electron chi connectivity index (χ4n) is 1.84. The van der Waals surface area contributed by atoms with E-state index in [2.05, 4.69) is 26.2 Å². The summed E-state index contributed by atoms with van der Waals surface area (Å²) in [6.07, 6.45) is -5.21. The van der Waals surface area contributed by atoms with Crippen LogP contribution in [0.25, 0.3) is 5.76 Å². The largest absolute Gasteiger partial charge is 0.505 e. The number of hydrogen-bond donors (Lipinski definition) is 1. The number of aliphatic hydroxyl groups excluding tert-OH is 1. The first kappa shape index (κ1) is 19.6. The first-order valence-electron chi connectivity index (χ1n) is 7.09. The molecule has 0 aliphatic rings. The third kappa shape index (κ3) is 4.92. The first-order chi connectivity index (χ1) is 12.2. The summed E-state index contributed by atoms with van der Waals surface area (Å²) >= 11 is 3.17. The van der Waals surface area contributed by atoms with Gasteiger partial charge in [-0.05, 0) is 36.4 Å². The van der Waals surface area contributed by atoms with Crippen molar-refractivity contribution < 1.29 is 27.8 Å². The Kier molecular flexibility index (Phi) is 6.14. The fourth-order valence-corrected chi connectivity index (χ4v) is 2.10. The minimum atomic E-state index is -5.21. The molecular weight excluding hydrogens is 417 g/mol. The molecule has 9 heteroatoms. The second-order valence-electron chi connectivity index (χ2n) is 4.93. The third-order valence-electron chi connectivity index (χ3n) is 3.15. The Bertz CT molecular complexity index is 845. The van der Waals surface area contributed by atoms with Crippen LogP contribution < -0.4 is 4.74 Å². The maximum absolute atomic E-state index is 12.8. The number of hydrogen-bond acceptors (Lipinski definition) is 5. The van der Waals surface area contributed by atoms with Crippen molar-refractivity contribution in [1.82, 2.24) is 0 Å². The highest BCUT2D eigenvalue weighted by Crippen LogP contribution is 2.28. The summed E-state index contributed by atoms with van der Waals surface area (Å²) in [5.41, 5.74) is -1.02. The molecule has 0 atom stereocenters. The highest BCUT2D eigenvalue weighted by atomic mass is 79.9. The Balaban J connectivity index is 2.46. The van der Waals surface area contributed by atoms with E-state index in [4.69, 9.17) is 4.74 Å². The van der Waals surface area contributed by atoms with E-state index in [1.807, 2.05) is 0 Å². The lowest BCUT2D eigenvalue weighted by Gasteiger charge is -2.08. The van der Waals surface area contributed by atoms with E-state index in [9.17, 15) is 23.1 Å². The van der Waals surface area contributed by atoms with Crippen molar-refractivity contribution in [3.63, 3.8) is 0 Å². The van der Waals surface area contributed by atoms with Gasteiger partial charge in [0.1, 0.15) is 5.75 Å². The number of carbonyl (C=O) groups is 1. The van der Waals surface area contributed by atoms with Gasteiger partial charge >= 0.3 is 6.18 Å². The van der Waals surface area contributed by atoms with E-state index in [1.54, 1.807) is 0 Å². The molecule has 0 bridgehead atoms. The van der Waals surface area contributed by atoms with Gasteiger partial charge in [0.2, 0.25) is 0 Å². The molecule has 136 valence electrons. The first-order valence-corrected chi connectivity index (χ1v) is 7.88. The number of aliphatic hydroxyl groups is 1. The molecule has 0 radical (unpaired) electrons. The minimum Gasteiger partial charge on any atom is -0.505 e. The van der Waals surface area contributed by atoms with Crippen LogP contribution in [-0.4, -0.2) is 24.2 Å². The molecule has 0 heterocycles. The monoisotopic (exact) mass is 428 g/mol. The summed E-state index contributed by atoms with van der Waals surface area (Å²) in [6.45, 7) is 0. The number of methoxy groups -OCH3 is 1. The third-order valence-corrected chi connectivity index (χ3v) is 3.68. The Morgan fingerprint density at radius 1 is 1.08 bits per heavy atom. The molecule has 0 fully saturated rings. The van der Waals surface area contributed by atoms with Gasteiger partial charge in [0.05, 0.1) is 12.8 Å². The summed E-state index contributed by atoms with van der Waals surface area (Å²) in [5.74, 6) is -2.70. The molecule has 1 N–H and O–H groups in total. The predicted molar refractivity (Wildman–Crippen MR) is 92.3 cm³/mol.